The second-order valence-electron chi connectivity index (χ2n) is 5.42. The Balaban J connectivity index is 2.10. The highest BCUT2D eigenvalue weighted by atomic mass is 35.5. The Kier molecular flexibility index (Phi) is 5.13. The maximum absolute atomic E-state index is 10.8. The maximum atomic E-state index is 10.8. The van der Waals surface area contributed by atoms with Crippen LogP contribution in [0.5, 0.6) is 0 Å². The number of hydrogen-bond donors (Lipinski definition) is 1. The number of aliphatic hydroxyl groups is 1. The molecule has 1 aliphatic heterocycles. The molecule has 0 radical (unpaired) electrons. The maximum Gasteiger partial charge on any atom is 0.0701 e. The summed E-state index contributed by atoms with van der Waals surface area (Å²) in [5, 5.41) is 12.2. The van der Waals surface area contributed by atoms with Crippen LogP contribution in [-0.2, 0) is 6.42 Å². The molecule has 1 aliphatic rings. The molecule has 0 saturated carbocycles. The molecule has 1 unspecified atom stereocenters. The van der Waals surface area contributed by atoms with Crippen LogP contribution in [-0.4, -0.2) is 35.2 Å². The summed E-state index contributed by atoms with van der Waals surface area (Å²) >= 11 is 12.2. The fraction of sp³-hybridized carbons (Fsp3) is 0.600. The van der Waals surface area contributed by atoms with E-state index < -0.39 is 5.60 Å². The molecule has 0 amide bonds. The summed E-state index contributed by atoms with van der Waals surface area (Å²) in [6.45, 7) is 5.24. The number of likely N-dealkylation sites (tertiary alicyclic amines) is 1. The average Bonchev–Trinajstić information content (AvgIpc) is 2.56. The highest BCUT2D eigenvalue weighted by Gasteiger charge is 2.30. The monoisotopic (exact) mass is 301 g/mol. The molecule has 106 valence electrons. The zero-order valence-electron chi connectivity index (χ0n) is 11.3. The van der Waals surface area contributed by atoms with E-state index in [2.05, 4.69) is 11.8 Å². The number of rotatable bonds is 3. The van der Waals surface area contributed by atoms with Gasteiger partial charge in [-0.15, -0.1) is 0 Å². The number of halogens is 2. The second-order valence-corrected chi connectivity index (χ2v) is 6.27. The first-order chi connectivity index (χ1) is 9.02. The molecule has 4 heteroatoms. The summed E-state index contributed by atoms with van der Waals surface area (Å²) in [5.41, 5.74) is 0.291. The van der Waals surface area contributed by atoms with Crippen molar-refractivity contribution in [2.45, 2.75) is 38.2 Å². The molecular weight excluding hydrogens is 281 g/mol. The van der Waals surface area contributed by atoms with Crippen molar-refractivity contribution >= 4 is 23.2 Å². The summed E-state index contributed by atoms with van der Waals surface area (Å²) in [5.74, 6) is 0. The van der Waals surface area contributed by atoms with Crippen molar-refractivity contribution in [1.29, 1.82) is 0 Å². The summed E-state index contributed by atoms with van der Waals surface area (Å²) in [7, 11) is 0. The first-order valence-electron chi connectivity index (χ1n) is 6.91. The van der Waals surface area contributed by atoms with E-state index in [1.54, 1.807) is 12.1 Å². The first kappa shape index (κ1) is 15.1. The zero-order chi connectivity index (χ0) is 13.9. The Morgan fingerprint density at radius 2 is 2.05 bits per heavy atom. The van der Waals surface area contributed by atoms with Gasteiger partial charge in [0.1, 0.15) is 0 Å². The van der Waals surface area contributed by atoms with Crippen molar-refractivity contribution in [3.8, 4) is 0 Å². The van der Waals surface area contributed by atoms with E-state index in [0.29, 0.717) is 16.5 Å². The van der Waals surface area contributed by atoms with Gasteiger partial charge in [0.05, 0.1) is 5.60 Å². The normalized spacial score (nSPS) is 25.3. The van der Waals surface area contributed by atoms with Crippen LogP contribution in [0.3, 0.4) is 0 Å². The third kappa shape index (κ3) is 4.09. The van der Waals surface area contributed by atoms with Gasteiger partial charge in [0.15, 0.2) is 0 Å². The van der Waals surface area contributed by atoms with Crippen LogP contribution in [0.2, 0.25) is 10.0 Å². The van der Waals surface area contributed by atoms with E-state index in [-0.39, 0.29) is 0 Å². The molecule has 1 atom stereocenters. The molecule has 1 aromatic rings. The lowest BCUT2D eigenvalue weighted by Gasteiger charge is -2.27. The van der Waals surface area contributed by atoms with Gasteiger partial charge in [-0.1, -0.05) is 30.1 Å². The minimum atomic E-state index is -0.655. The molecule has 1 fully saturated rings. The molecule has 0 aromatic heterocycles. The van der Waals surface area contributed by atoms with Crippen LogP contribution in [0.1, 0.15) is 31.7 Å². The Bertz CT molecular complexity index is 438. The van der Waals surface area contributed by atoms with Crippen LogP contribution in [0, 0.1) is 0 Å². The van der Waals surface area contributed by atoms with Crippen molar-refractivity contribution in [1.82, 2.24) is 4.90 Å². The number of nitrogens with zero attached hydrogens (tertiary/aromatic N) is 1. The summed E-state index contributed by atoms with van der Waals surface area (Å²) in [4.78, 5) is 2.39. The van der Waals surface area contributed by atoms with E-state index in [4.69, 9.17) is 23.2 Å². The molecule has 1 saturated heterocycles. The van der Waals surface area contributed by atoms with E-state index in [9.17, 15) is 5.11 Å². The fourth-order valence-electron chi connectivity index (χ4n) is 2.76. The third-order valence-electron chi connectivity index (χ3n) is 3.98. The topological polar surface area (TPSA) is 23.5 Å². The molecule has 19 heavy (non-hydrogen) atoms. The van der Waals surface area contributed by atoms with E-state index >= 15 is 0 Å². The number of benzene rings is 1. The number of hydrogen-bond acceptors (Lipinski definition) is 2. The Labute approximate surface area is 125 Å². The van der Waals surface area contributed by atoms with Gasteiger partial charge >= 0.3 is 0 Å². The average molecular weight is 302 g/mol. The van der Waals surface area contributed by atoms with Crippen molar-refractivity contribution in [3.05, 3.63) is 33.8 Å². The summed E-state index contributed by atoms with van der Waals surface area (Å²) < 4.78 is 0. The van der Waals surface area contributed by atoms with Crippen LogP contribution in [0.15, 0.2) is 18.2 Å². The van der Waals surface area contributed by atoms with Crippen molar-refractivity contribution < 1.29 is 5.11 Å². The van der Waals surface area contributed by atoms with E-state index in [0.717, 1.165) is 44.5 Å². The van der Waals surface area contributed by atoms with Gasteiger partial charge in [-0.05, 0) is 56.1 Å². The first-order valence-corrected chi connectivity index (χ1v) is 7.67. The molecule has 1 heterocycles. The third-order valence-corrected chi connectivity index (χ3v) is 4.59. The molecule has 1 N–H and O–H groups in total. The molecule has 2 nitrogen and oxygen atoms in total. The van der Waals surface area contributed by atoms with Gasteiger partial charge in [-0.25, -0.2) is 0 Å². The Morgan fingerprint density at radius 1 is 1.26 bits per heavy atom. The molecule has 0 aliphatic carbocycles. The van der Waals surface area contributed by atoms with Crippen LogP contribution in [0.25, 0.3) is 0 Å². The second kappa shape index (κ2) is 6.45. The molecule has 1 aromatic carbocycles. The van der Waals surface area contributed by atoms with Crippen LogP contribution >= 0.6 is 23.2 Å². The highest BCUT2D eigenvalue weighted by molar-refractivity contribution is 6.33. The van der Waals surface area contributed by atoms with E-state index in [1.807, 2.05) is 6.07 Å². The van der Waals surface area contributed by atoms with Gasteiger partial charge in [0.25, 0.3) is 0 Å². The van der Waals surface area contributed by atoms with Crippen molar-refractivity contribution in [3.63, 3.8) is 0 Å². The summed E-state index contributed by atoms with van der Waals surface area (Å²) in [6, 6.07) is 5.45. The van der Waals surface area contributed by atoms with Gasteiger partial charge in [0, 0.05) is 23.0 Å². The van der Waals surface area contributed by atoms with Gasteiger partial charge < -0.3 is 10.0 Å². The molecular formula is C15H21Cl2NO. The standard InChI is InChI=1S/C15H21Cl2NO/c1-2-18-8-3-6-15(19,7-9-18)11-12-10-13(16)4-5-14(12)17/h4-5,10,19H,2-3,6-9,11H2,1H3. The van der Waals surface area contributed by atoms with Crippen molar-refractivity contribution in [2.24, 2.45) is 0 Å². The van der Waals surface area contributed by atoms with Crippen molar-refractivity contribution in [2.75, 3.05) is 19.6 Å². The van der Waals surface area contributed by atoms with Crippen LogP contribution < -0.4 is 0 Å². The SMILES string of the molecule is CCN1CCCC(O)(Cc2cc(Cl)ccc2Cl)CC1. The van der Waals surface area contributed by atoms with Gasteiger partial charge in [-0.2, -0.15) is 0 Å². The Morgan fingerprint density at radius 3 is 2.79 bits per heavy atom. The lowest BCUT2D eigenvalue weighted by atomic mass is 9.88. The quantitative estimate of drug-likeness (QED) is 0.918. The minimum absolute atomic E-state index is 0.587. The molecule has 0 spiro atoms. The predicted octanol–water partition coefficient (Wildman–Crippen LogP) is 3.77. The van der Waals surface area contributed by atoms with E-state index in [1.165, 1.54) is 0 Å². The zero-order valence-corrected chi connectivity index (χ0v) is 12.8. The minimum Gasteiger partial charge on any atom is -0.389 e. The van der Waals surface area contributed by atoms with Crippen LogP contribution in [0.4, 0.5) is 0 Å². The highest BCUT2D eigenvalue weighted by Crippen LogP contribution is 2.30. The van der Waals surface area contributed by atoms with Gasteiger partial charge in [0.2, 0.25) is 0 Å². The predicted molar refractivity (Wildman–Crippen MR) is 81.1 cm³/mol. The Hall–Kier alpha value is -0.280. The lowest BCUT2D eigenvalue weighted by molar-refractivity contribution is 0.0258. The molecule has 2 rings (SSSR count). The fourth-order valence-corrected chi connectivity index (χ4v) is 3.14. The van der Waals surface area contributed by atoms with Gasteiger partial charge in [-0.3, -0.25) is 0 Å². The lowest BCUT2D eigenvalue weighted by Crippen LogP contribution is -2.33. The summed E-state index contributed by atoms with van der Waals surface area (Å²) in [6.07, 6.45) is 3.24. The molecule has 0 bridgehead atoms. The largest absolute Gasteiger partial charge is 0.389 e. The smallest absolute Gasteiger partial charge is 0.0701 e.